The summed E-state index contributed by atoms with van der Waals surface area (Å²) in [6.07, 6.45) is 0.611. The molecule has 3 nitrogen and oxygen atoms in total. The van der Waals surface area contributed by atoms with Crippen molar-refractivity contribution in [2.75, 3.05) is 0 Å². The SMILES string of the molecule is CCC(C)(NC(=O)c1cccc(Br)c1Cl)C(N)=S. The lowest BCUT2D eigenvalue weighted by atomic mass is 9.98. The van der Waals surface area contributed by atoms with Gasteiger partial charge in [0.2, 0.25) is 0 Å². The minimum Gasteiger partial charge on any atom is -0.391 e. The number of nitrogens with two attached hydrogens (primary N) is 1. The number of halogens is 2. The Morgan fingerprint density at radius 2 is 2.22 bits per heavy atom. The van der Waals surface area contributed by atoms with Gasteiger partial charge in [-0.3, -0.25) is 4.79 Å². The van der Waals surface area contributed by atoms with Crippen molar-refractivity contribution in [2.24, 2.45) is 5.73 Å². The molecule has 18 heavy (non-hydrogen) atoms. The molecule has 3 N–H and O–H groups in total. The first-order chi connectivity index (χ1) is 8.31. The number of carbonyl (C=O) groups is 1. The molecule has 1 unspecified atom stereocenters. The van der Waals surface area contributed by atoms with Gasteiger partial charge in [-0.2, -0.15) is 0 Å². The van der Waals surface area contributed by atoms with E-state index in [1.54, 1.807) is 25.1 Å². The molecule has 0 radical (unpaired) electrons. The van der Waals surface area contributed by atoms with Crippen LogP contribution in [0.5, 0.6) is 0 Å². The van der Waals surface area contributed by atoms with E-state index in [4.69, 9.17) is 29.6 Å². The summed E-state index contributed by atoms with van der Waals surface area (Å²) in [5.41, 5.74) is 5.33. The molecule has 1 aromatic carbocycles. The summed E-state index contributed by atoms with van der Waals surface area (Å²) in [6.45, 7) is 3.70. The van der Waals surface area contributed by atoms with Gasteiger partial charge in [-0.25, -0.2) is 0 Å². The van der Waals surface area contributed by atoms with Gasteiger partial charge in [0.1, 0.15) is 0 Å². The lowest BCUT2D eigenvalue weighted by molar-refractivity contribution is 0.0926. The molecule has 0 aliphatic heterocycles. The van der Waals surface area contributed by atoms with Crippen LogP contribution in [0.2, 0.25) is 5.02 Å². The maximum atomic E-state index is 12.2. The molecule has 1 atom stereocenters. The molecular formula is C12H14BrClN2OS. The summed E-state index contributed by atoms with van der Waals surface area (Å²) in [5, 5.41) is 3.19. The van der Waals surface area contributed by atoms with E-state index in [9.17, 15) is 4.79 Å². The van der Waals surface area contributed by atoms with Crippen LogP contribution >= 0.6 is 39.7 Å². The third kappa shape index (κ3) is 3.22. The Bertz CT molecular complexity index is 495. The molecule has 1 aromatic rings. The van der Waals surface area contributed by atoms with Gasteiger partial charge in [0.15, 0.2) is 0 Å². The fraction of sp³-hybridized carbons (Fsp3) is 0.333. The van der Waals surface area contributed by atoms with Crippen LogP contribution in [0, 0.1) is 0 Å². The first kappa shape index (κ1) is 15.4. The highest BCUT2D eigenvalue weighted by atomic mass is 79.9. The van der Waals surface area contributed by atoms with Crippen LogP contribution in [0.25, 0.3) is 0 Å². The van der Waals surface area contributed by atoms with Crippen molar-refractivity contribution in [2.45, 2.75) is 25.8 Å². The predicted molar refractivity (Wildman–Crippen MR) is 82.1 cm³/mol. The molecule has 1 rings (SSSR count). The molecule has 0 saturated heterocycles. The Morgan fingerprint density at radius 3 is 2.72 bits per heavy atom. The maximum absolute atomic E-state index is 12.2. The van der Waals surface area contributed by atoms with Crippen molar-refractivity contribution in [3.05, 3.63) is 33.3 Å². The van der Waals surface area contributed by atoms with E-state index in [0.29, 0.717) is 21.5 Å². The van der Waals surface area contributed by atoms with E-state index in [1.165, 1.54) is 0 Å². The number of nitrogens with one attached hydrogen (secondary N) is 1. The van der Waals surface area contributed by atoms with E-state index >= 15 is 0 Å². The number of hydrogen-bond donors (Lipinski definition) is 2. The topological polar surface area (TPSA) is 55.1 Å². The fourth-order valence-electron chi connectivity index (χ4n) is 1.32. The second-order valence-electron chi connectivity index (χ2n) is 4.11. The van der Waals surface area contributed by atoms with Gasteiger partial charge in [-0.15, -0.1) is 0 Å². The van der Waals surface area contributed by atoms with Crippen molar-refractivity contribution in [3.63, 3.8) is 0 Å². The van der Waals surface area contributed by atoms with Crippen molar-refractivity contribution in [1.29, 1.82) is 0 Å². The third-order valence-corrected chi connectivity index (χ3v) is 4.58. The molecule has 6 heteroatoms. The highest BCUT2D eigenvalue weighted by molar-refractivity contribution is 9.10. The summed E-state index contributed by atoms with van der Waals surface area (Å²) >= 11 is 14.3. The molecule has 0 bridgehead atoms. The number of hydrogen-bond acceptors (Lipinski definition) is 2. The van der Waals surface area contributed by atoms with Crippen LogP contribution in [0.15, 0.2) is 22.7 Å². The highest BCUT2D eigenvalue weighted by Gasteiger charge is 2.28. The van der Waals surface area contributed by atoms with E-state index in [-0.39, 0.29) is 10.9 Å². The molecule has 0 spiro atoms. The zero-order valence-electron chi connectivity index (χ0n) is 10.1. The maximum Gasteiger partial charge on any atom is 0.253 e. The van der Waals surface area contributed by atoms with Gasteiger partial charge in [0.05, 0.1) is 21.1 Å². The van der Waals surface area contributed by atoms with Crippen LogP contribution < -0.4 is 11.1 Å². The fourth-order valence-corrected chi connectivity index (χ4v) is 2.09. The van der Waals surface area contributed by atoms with Crippen LogP contribution in [-0.4, -0.2) is 16.4 Å². The van der Waals surface area contributed by atoms with E-state index in [2.05, 4.69) is 21.2 Å². The Balaban J connectivity index is 3.02. The van der Waals surface area contributed by atoms with Crippen molar-refractivity contribution >= 4 is 50.6 Å². The largest absolute Gasteiger partial charge is 0.391 e. The highest BCUT2D eigenvalue weighted by Crippen LogP contribution is 2.26. The Hall–Kier alpha value is -0.650. The Morgan fingerprint density at radius 1 is 1.61 bits per heavy atom. The summed E-state index contributed by atoms with van der Waals surface area (Å²) in [7, 11) is 0. The monoisotopic (exact) mass is 348 g/mol. The molecule has 0 heterocycles. The second-order valence-corrected chi connectivity index (χ2v) is 5.78. The molecule has 0 aliphatic rings. The van der Waals surface area contributed by atoms with E-state index in [1.807, 2.05) is 6.92 Å². The lowest BCUT2D eigenvalue weighted by Gasteiger charge is -2.28. The lowest BCUT2D eigenvalue weighted by Crippen LogP contribution is -2.54. The van der Waals surface area contributed by atoms with Crippen LogP contribution in [-0.2, 0) is 0 Å². The van der Waals surface area contributed by atoms with Gasteiger partial charge in [0, 0.05) is 4.47 Å². The number of benzene rings is 1. The smallest absolute Gasteiger partial charge is 0.253 e. The van der Waals surface area contributed by atoms with Gasteiger partial charge < -0.3 is 11.1 Å². The van der Waals surface area contributed by atoms with Gasteiger partial charge in [-0.1, -0.05) is 36.8 Å². The predicted octanol–water partition coefficient (Wildman–Crippen LogP) is 3.29. The van der Waals surface area contributed by atoms with Gasteiger partial charge in [0.25, 0.3) is 5.91 Å². The normalized spacial score (nSPS) is 13.8. The average molecular weight is 350 g/mol. The van der Waals surface area contributed by atoms with Crippen molar-refractivity contribution < 1.29 is 4.79 Å². The quantitative estimate of drug-likeness (QED) is 0.820. The molecule has 0 aliphatic carbocycles. The van der Waals surface area contributed by atoms with Crippen LogP contribution in [0.3, 0.4) is 0 Å². The molecule has 0 fully saturated rings. The Kier molecular flexibility index (Phi) is 5.13. The number of amides is 1. The molecular weight excluding hydrogens is 336 g/mol. The number of carbonyl (C=O) groups excluding carboxylic acids is 1. The van der Waals surface area contributed by atoms with Crippen molar-refractivity contribution in [1.82, 2.24) is 5.32 Å². The zero-order chi connectivity index (χ0) is 13.9. The van der Waals surface area contributed by atoms with E-state index in [0.717, 1.165) is 0 Å². The number of thiocarbonyl (C=S) groups is 1. The average Bonchev–Trinajstić information content (AvgIpc) is 2.32. The third-order valence-electron chi connectivity index (χ3n) is 2.84. The standard InChI is InChI=1S/C12H14BrClN2OS/c1-3-12(2,11(15)18)16-10(17)7-5-4-6-8(13)9(7)14/h4-6H,3H2,1-2H3,(H2,15,18)(H,16,17). The first-order valence-corrected chi connectivity index (χ1v) is 6.96. The van der Waals surface area contributed by atoms with Crippen molar-refractivity contribution in [3.8, 4) is 0 Å². The van der Waals surface area contributed by atoms with Crippen LogP contribution in [0.4, 0.5) is 0 Å². The van der Waals surface area contributed by atoms with Gasteiger partial charge in [-0.05, 0) is 41.4 Å². The summed E-state index contributed by atoms with van der Waals surface area (Å²) < 4.78 is 0.672. The second kappa shape index (κ2) is 5.99. The Labute approximate surface area is 125 Å². The molecule has 0 saturated carbocycles. The van der Waals surface area contributed by atoms with E-state index < -0.39 is 5.54 Å². The molecule has 98 valence electrons. The van der Waals surface area contributed by atoms with Gasteiger partial charge >= 0.3 is 0 Å². The molecule has 0 aromatic heterocycles. The zero-order valence-corrected chi connectivity index (χ0v) is 13.2. The summed E-state index contributed by atoms with van der Waals surface area (Å²) in [6, 6.07) is 5.17. The summed E-state index contributed by atoms with van der Waals surface area (Å²) in [4.78, 5) is 12.4. The minimum absolute atomic E-state index is 0.254. The van der Waals surface area contributed by atoms with Crippen LogP contribution in [0.1, 0.15) is 30.6 Å². The first-order valence-electron chi connectivity index (χ1n) is 5.38. The number of rotatable bonds is 4. The molecule has 1 amide bonds. The minimum atomic E-state index is -0.710. The summed E-state index contributed by atoms with van der Waals surface area (Å²) in [5.74, 6) is -0.293.